The lowest BCUT2D eigenvalue weighted by Crippen LogP contribution is -2.50. The van der Waals surface area contributed by atoms with Crippen molar-refractivity contribution < 1.29 is 19.4 Å². The predicted molar refractivity (Wildman–Crippen MR) is 105 cm³/mol. The molecule has 8 heteroatoms. The van der Waals surface area contributed by atoms with Crippen molar-refractivity contribution in [2.45, 2.75) is 26.4 Å². The first-order valence-electron chi connectivity index (χ1n) is 8.77. The number of thiazole rings is 1. The molecular formula is C19H23N3O4S. The number of carboxylic acid groups (broad SMARTS) is 1. The van der Waals surface area contributed by atoms with Crippen molar-refractivity contribution in [3.8, 4) is 11.3 Å². The van der Waals surface area contributed by atoms with Crippen LogP contribution in [0.1, 0.15) is 30.4 Å². The van der Waals surface area contributed by atoms with Crippen molar-refractivity contribution >= 4 is 28.5 Å². The standard InChI is InChI=1S/C19H23N3O4S/c1-19(2,3)26-18(25)22-11-9-21(10-12-22)17-20-14(15(27-17)16(23)24)13-7-5-4-6-8-13/h4-8H,9-12H2,1-3H3,(H,23,24). The molecule has 27 heavy (non-hydrogen) atoms. The highest BCUT2D eigenvalue weighted by Gasteiger charge is 2.28. The highest BCUT2D eigenvalue weighted by molar-refractivity contribution is 7.17. The van der Waals surface area contributed by atoms with E-state index in [1.807, 2.05) is 56.0 Å². The normalized spacial score (nSPS) is 14.9. The fraction of sp³-hybridized carbons (Fsp3) is 0.421. The molecule has 144 valence electrons. The molecule has 1 aromatic carbocycles. The molecule has 0 atom stereocenters. The second-order valence-corrected chi connectivity index (χ2v) is 8.28. The van der Waals surface area contributed by atoms with Gasteiger partial charge in [0.25, 0.3) is 0 Å². The molecule has 1 aliphatic heterocycles. The van der Waals surface area contributed by atoms with E-state index in [0.717, 1.165) is 5.56 Å². The molecule has 0 bridgehead atoms. The average Bonchev–Trinajstić information content (AvgIpc) is 3.07. The number of aromatic carboxylic acids is 1. The van der Waals surface area contributed by atoms with Crippen LogP contribution >= 0.6 is 11.3 Å². The van der Waals surface area contributed by atoms with Crippen molar-refractivity contribution in [1.82, 2.24) is 9.88 Å². The van der Waals surface area contributed by atoms with Gasteiger partial charge in [0.15, 0.2) is 5.13 Å². The third kappa shape index (κ3) is 4.57. The van der Waals surface area contributed by atoms with Crippen LogP contribution in [0.25, 0.3) is 11.3 Å². The van der Waals surface area contributed by atoms with E-state index in [1.165, 1.54) is 11.3 Å². The van der Waals surface area contributed by atoms with Crippen LogP contribution in [0.4, 0.5) is 9.93 Å². The van der Waals surface area contributed by atoms with Crippen molar-refractivity contribution in [2.24, 2.45) is 0 Å². The van der Waals surface area contributed by atoms with Crippen molar-refractivity contribution in [3.63, 3.8) is 0 Å². The van der Waals surface area contributed by atoms with E-state index >= 15 is 0 Å². The summed E-state index contributed by atoms with van der Waals surface area (Å²) in [6.07, 6.45) is -0.322. The Kier molecular flexibility index (Phi) is 5.36. The molecule has 3 rings (SSSR count). The number of hydrogen-bond donors (Lipinski definition) is 1. The maximum absolute atomic E-state index is 12.2. The minimum Gasteiger partial charge on any atom is -0.477 e. The summed E-state index contributed by atoms with van der Waals surface area (Å²) < 4.78 is 5.41. The molecule has 2 heterocycles. The Morgan fingerprint density at radius 3 is 2.30 bits per heavy atom. The SMILES string of the molecule is CC(C)(C)OC(=O)N1CCN(c2nc(-c3ccccc3)c(C(=O)O)s2)CC1. The van der Waals surface area contributed by atoms with E-state index in [2.05, 4.69) is 4.98 Å². The zero-order chi connectivity index (χ0) is 19.6. The number of carboxylic acids is 1. The number of rotatable bonds is 3. The zero-order valence-electron chi connectivity index (χ0n) is 15.6. The maximum atomic E-state index is 12.2. The lowest BCUT2D eigenvalue weighted by Gasteiger charge is -2.35. The first-order valence-corrected chi connectivity index (χ1v) is 9.58. The smallest absolute Gasteiger partial charge is 0.410 e. The molecule has 1 N–H and O–H groups in total. The number of ether oxygens (including phenoxy) is 1. The van der Waals surface area contributed by atoms with Gasteiger partial charge in [-0.25, -0.2) is 14.6 Å². The quantitative estimate of drug-likeness (QED) is 0.864. The maximum Gasteiger partial charge on any atom is 0.410 e. The van der Waals surface area contributed by atoms with Gasteiger partial charge in [0.05, 0.1) is 5.69 Å². The first-order chi connectivity index (χ1) is 12.7. The lowest BCUT2D eigenvalue weighted by molar-refractivity contribution is 0.0240. The van der Waals surface area contributed by atoms with E-state index in [1.54, 1.807) is 4.90 Å². The minimum atomic E-state index is -0.981. The van der Waals surface area contributed by atoms with Crippen molar-refractivity contribution in [1.29, 1.82) is 0 Å². The molecule has 1 aliphatic rings. The van der Waals surface area contributed by atoms with E-state index < -0.39 is 11.6 Å². The number of carbonyl (C=O) groups is 2. The van der Waals surface area contributed by atoms with Gasteiger partial charge in [-0.2, -0.15) is 0 Å². The summed E-state index contributed by atoms with van der Waals surface area (Å²) in [5.41, 5.74) is 0.743. The number of anilines is 1. The minimum absolute atomic E-state index is 0.228. The molecule has 0 radical (unpaired) electrons. The molecular weight excluding hydrogens is 366 g/mol. The molecule has 1 fully saturated rings. The Hall–Kier alpha value is -2.61. The monoisotopic (exact) mass is 389 g/mol. The van der Waals surface area contributed by atoms with E-state index in [4.69, 9.17) is 4.74 Å². The highest BCUT2D eigenvalue weighted by Crippen LogP contribution is 2.33. The first kappa shape index (κ1) is 19.2. The van der Waals surface area contributed by atoms with Crippen LogP contribution < -0.4 is 4.90 Å². The van der Waals surface area contributed by atoms with Gasteiger partial charge in [0, 0.05) is 31.7 Å². The Labute approximate surface area is 162 Å². The molecule has 0 unspecified atom stereocenters. The highest BCUT2D eigenvalue weighted by atomic mass is 32.1. The number of carbonyl (C=O) groups excluding carboxylic acids is 1. The van der Waals surface area contributed by atoms with E-state index in [9.17, 15) is 14.7 Å². The molecule has 0 spiro atoms. The summed E-state index contributed by atoms with van der Waals surface area (Å²) in [6, 6.07) is 9.31. The summed E-state index contributed by atoms with van der Waals surface area (Å²) in [5.74, 6) is -0.981. The third-order valence-corrected chi connectivity index (χ3v) is 5.16. The van der Waals surface area contributed by atoms with Crippen LogP contribution in [0.15, 0.2) is 30.3 Å². The van der Waals surface area contributed by atoms with Crippen molar-refractivity contribution in [3.05, 3.63) is 35.2 Å². The Morgan fingerprint density at radius 2 is 1.74 bits per heavy atom. The Morgan fingerprint density at radius 1 is 1.11 bits per heavy atom. The molecule has 0 aliphatic carbocycles. The molecule has 2 aromatic rings. The summed E-state index contributed by atoms with van der Waals surface area (Å²) in [5, 5.41) is 10.2. The van der Waals surface area contributed by atoms with Crippen LogP contribution in [0, 0.1) is 0 Å². The van der Waals surface area contributed by atoms with Gasteiger partial charge in [-0.05, 0) is 20.8 Å². The molecule has 1 saturated heterocycles. The summed E-state index contributed by atoms with van der Waals surface area (Å²) in [6.45, 7) is 7.72. The predicted octanol–water partition coefficient (Wildman–Crippen LogP) is 3.57. The van der Waals surface area contributed by atoms with E-state index in [0.29, 0.717) is 37.0 Å². The summed E-state index contributed by atoms with van der Waals surface area (Å²) in [4.78, 5) is 32.3. The number of aromatic nitrogens is 1. The fourth-order valence-electron chi connectivity index (χ4n) is 2.79. The van der Waals surface area contributed by atoms with Gasteiger partial charge in [-0.15, -0.1) is 0 Å². The van der Waals surface area contributed by atoms with Gasteiger partial charge in [0.1, 0.15) is 10.5 Å². The summed E-state index contributed by atoms with van der Waals surface area (Å²) in [7, 11) is 0. The van der Waals surface area contributed by atoms with Crippen LogP contribution in [-0.2, 0) is 4.74 Å². The van der Waals surface area contributed by atoms with E-state index in [-0.39, 0.29) is 11.0 Å². The Bertz CT molecular complexity index is 821. The van der Waals surface area contributed by atoms with Gasteiger partial charge in [-0.1, -0.05) is 41.7 Å². The van der Waals surface area contributed by atoms with Crippen LogP contribution in [-0.4, -0.2) is 58.8 Å². The van der Waals surface area contributed by atoms with Gasteiger partial charge >= 0.3 is 12.1 Å². The number of nitrogens with zero attached hydrogens (tertiary/aromatic N) is 3. The largest absolute Gasteiger partial charge is 0.477 e. The third-order valence-electron chi connectivity index (χ3n) is 4.06. The van der Waals surface area contributed by atoms with Gasteiger partial charge in [-0.3, -0.25) is 0 Å². The lowest BCUT2D eigenvalue weighted by atomic mass is 10.1. The second kappa shape index (κ2) is 7.56. The van der Waals surface area contributed by atoms with Gasteiger partial charge < -0.3 is 19.6 Å². The zero-order valence-corrected chi connectivity index (χ0v) is 16.5. The molecule has 7 nitrogen and oxygen atoms in total. The van der Waals surface area contributed by atoms with Crippen LogP contribution in [0.2, 0.25) is 0 Å². The molecule has 1 aromatic heterocycles. The fourth-order valence-corrected chi connectivity index (χ4v) is 3.77. The number of benzene rings is 1. The number of amides is 1. The number of piperazine rings is 1. The average molecular weight is 389 g/mol. The van der Waals surface area contributed by atoms with Crippen molar-refractivity contribution in [2.75, 3.05) is 31.1 Å². The van der Waals surface area contributed by atoms with Crippen LogP contribution in [0.3, 0.4) is 0 Å². The van der Waals surface area contributed by atoms with Gasteiger partial charge in [0.2, 0.25) is 0 Å². The number of hydrogen-bond acceptors (Lipinski definition) is 6. The topological polar surface area (TPSA) is 83.0 Å². The molecule has 0 saturated carbocycles. The van der Waals surface area contributed by atoms with Crippen LogP contribution in [0.5, 0.6) is 0 Å². The molecule has 1 amide bonds. The second-order valence-electron chi connectivity index (χ2n) is 7.30. The summed E-state index contributed by atoms with van der Waals surface area (Å²) >= 11 is 1.17. The Balaban J connectivity index is 1.73.